The van der Waals surface area contributed by atoms with E-state index in [9.17, 15) is 9.90 Å². The molecule has 2 N–H and O–H groups in total. The van der Waals surface area contributed by atoms with Crippen molar-refractivity contribution >= 4 is 34.8 Å². The first-order valence-corrected chi connectivity index (χ1v) is 7.75. The number of halogens is 1. The quantitative estimate of drug-likeness (QED) is 0.664. The molecule has 2 aromatic rings. The molecule has 0 unspecified atom stereocenters. The molecule has 5 heteroatoms. The maximum Gasteiger partial charge on any atom is 0.256 e. The zero-order valence-corrected chi connectivity index (χ0v) is 13.4. The van der Waals surface area contributed by atoms with E-state index in [1.54, 1.807) is 18.2 Å². The lowest BCUT2D eigenvalue weighted by Crippen LogP contribution is -2.03. The third-order valence-corrected chi connectivity index (χ3v) is 3.96. The molecular formula is C18H16ClNO3. The number of nitrogens with one attached hydrogen (secondary N) is 1. The Balaban J connectivity index is 2.07. The van der Waals surface area contributed by atoms with Gasteiger partial charge in [-0.2, -0.15) is 0 Å². The molecule has 23 heavy (non-hydrogen) atoms. The Labute approximate surface area is 139 Å². The van der Waals surface area contributed by atoms with E-state index in [0.29, 0.717) is 17.2 Å². The Hall–Kier alpha value is -2.46. The lowest BCUT2D eigenvalue weighted by molar-refractivity contribution is -0.110. The molecule has 0 fully saturated rings. The number of ether oxygens (including phenoxy) is 1. The van der Waals surface area contributed by atoms with Gasteiger partial charge in [0.2, 0.25) is 0 Å². The summed E-state index contributed by atoms with van der Waals surface area (Å²) in [5, 5.41) is 12.4. The van der Waals surface area contributed by atoms with Gasteiger partial charge in [-0.25, -0.2) is 0 Å². The largest absolute Gasteiger partial charge is 0.508 e. The Morgan fingerprint density at radius 3 is 2.83 bits per heavy atom. The summed E-state index contributed by atoms with van der Waals surface area (Å²) in [4.78, 5) is 12.3. The molecule has 3 rings (SSSR count). The monoisotopic (exact) mass is 329 g/mol. The summed E-state index contributed by atoms with van der Waals surface area (Å²) in [7, 11) is 1.53. The zero-order chi connectivity index (χ0) is 16.4. The van der Waals surface area contributed by atoms with Crippen LogP contribution in [0.3, 0.4) is 0 Å². The lowest BCUT2D eigenvalue weighted by atomic mass is 10.0. The van der Waals surface area contributed by atoms with Crippen LogP contribution in [-0.4, -0.2) is 24.0 Å². The molecule has 4 nitrogen and oxygen atoms in total. The summed E-state index contributed by atoms with van der Waals surface area (Å²) >= 11 is 5.80. The number of aryl methyl sites for hydroxylation is 1. The highest BCUT2D eigenvalue weighted by Crippen LogP contribution is 2.36. The minimum Gasteiger partial charge on any atom is -0.508 e. The molecule has 0 radical (unpaired) electrons. The van der Waals surface area contributed by atoms with Gasteiger partial charge in [0.05, 0.1) is 7.11 Å². The molecule has 0 atom stereocenters. The van der Waals surface area contributed by atoms with Gasteiger partial charge in [-0.3, -0.25) is 4.79 Å². The van der Waals surface area contributed by atoms with E-state index in [1.807, 2.05) is 18.2 Å². The molecule has 0 bridgehead atoms. The van der Waals surface area contributed by atoms with Crippen molar-refractivity contribution in [3.8, 4) is 11.5 Å². The molecule has 0 aromatic heterocycles. The van der Waals surface area contributed by atoms with Crippen molar-refractivity contribution in [2.45, 2.75) is 6.42 Å². The Morgan fingerprint density at radius 1 is 1.26 bits per heavy atom. The smallest absolute Gasteiger partial charge is 0.256 e. The number of benzene rings is 2. The van der Waals surface area contributed by atoms with Crippen LogP contribution in [0.4, 0.5) is 5.69 Å². The normalized spacial score (nSPS) is 14.7. The fraction of sp³-hybridized carbons (Fsp3) is 0.167. The topological polar surface area (TPSA) is 58.6 Å². The molecule has 1 heterocycles. The number of rotatable bonds is 4. The van der Waals surface area contributed by atoms with Crippen LogP contribution in [0.15, 0.2) is 36.4 Å². The fourth-order valence-electron chi connectivity index (χ4n) is 2.62. The van der Waals surface area contributed by atoms with Crippen LogP contribution in [-0.2, 0) is 11.2 Å². The first kappa shape index (κ1) is 15.4. The second-order valence-corrected chi connectivity index (χ2v) is 5.64. The number of methoxy groups -OCH3 is 1. The zero-order valence-electron chi connectivity index (χ0n) is 12.6. The number of hydrogen-bond donors (Lipinski definition) is 2. The van der Waals surface area contributed by atoms with Crippen LogP contribution in [0, 0.1) is 0 Å². The highest BCUT2D eigenvalue weighted by atomic mass is 35.5. The molecule has 2 aromatic carbocycles. The average Bonchev–Trinajstić information content (AvgIpc) is 2.85. The van der Waals surface area contributed by atoms with Gasteiger partial charge >= 0.3 is 0 Å². The predicted molar refractivity (Wildman–Crippen MR) is 92.0 cm³/mol. The van der Waals surface area contributed by atoms with Crippen LogP contribution < -0.4 is 10.1 Å². The molecule has 1 amide bonds. The standard InChI is InChI=1S/C18H16ClNO3/c1-23-17-10-13(21)4-3-12(17)9-15-14-8-11(6-7-19)2-5-16(14)20-18(15)22/h2-5,8-10,21H,6-7H2,1H3,(H,20,22). The maximum absolute atomic E-state index is 12.3. The molecule has 0 spiro atoms. The van der Waals surface area contributed by atoms with Gasteiger partial charge in [-0.05, 0) is 42.3 Å². The van der Waals surface area contributed by atoms with E-state index < -0.39 is 0 Å². The molecule has 0 saturated carbocycles. The van der Waals surface area contributed by atoms with Crippen LogP contribution in [0.1, 0.15) is 16.7 Å². The average molecular weight is 330 g/mol. The van der Waals surface area contributed by atoms with Crippen LogP contribution in [0.5, 0.6) is 11.5 Å². The third-order valence-electron chi connectivity index (χ3n) is 3.77. The summed E-state index contributed by atoms with van der Waals surface area (Å²) < 4.78 is 5.27. The number of carbonyl (C=O) groups excluding carboxylic acids is 1. The van der Waals surface area contributed by atoms with Gasteiger partial charge in [0.25, 0.3) is 5.91 Å². The Morgan fingerprint density at radius 2 is 2.09 bits per heavy atom. The molecule has 1 aliphatic rings. The van der Waals surface area contributed by atoms with Crippen molar-refractivity contribution in [2.75, 3.05) is 18.3 Å². The first-order chi connectivity index (χ1) is 11.1. The van der Waals surface area contributed by atoms with E-state index in [4.69, 9.17) is 16.3 Å². The second-order valence-electron chi connectivity index (χ2n) is 5.26. The van der Waals surface area contributed by atoms with Crippen molar-refractivity contribution in [1.29, 1.82) is 0 Å². The van der Waals surface area contributed by atoms with Gasteiger partial charge in [0, 0.05) is 34.3 Å². The van der Waals surface area contributed by atoms with E-state index in [2.05, 4.69) is 5.32 Å². The number of alkyl halides is 1. The lowest BCUT2D eigenvalue weighted by Gasteiger charge is -2.07. The fourth-order valence-corrected chi connectivity index (χ4v) is 2.84. The van der Waals surface area contributed by atoms with Gasteiger partial charge in [0.1, 0.15) is 11.5 Å². The van der Waals surface area contributed by atoms with Gasteiger partial charge in [-0.1, -0.05) is 6.07 Å². The summed E-state index contributed by atoms with van der Waals surface area (Å²) in [6, 6.07) is 10.6. The number of phenols is 1. The summed E-state index contributed by atoms with van der Waals surface area (Å²) in [6.07, 6.45) is 2.52. The highest BCUT2D eigenvalue weighted by Gasteiger charge is 2.24. The molecule has 0 aliphatic carbocycles. The SMILES string of the molecule is COc1cc(O)ccc1C=C1C(=O)Nc2ccc(CCCl)cc21. The first-order valence-electron chi connectivity index (χ1n) is 7.21. The Bertz CT molecular complexity index is 799. The van der Waals surface area contributed by atoms with Gasteiger partial charge in [-0.15, -0.1) is 11.6 Å². The molecular weight excluding hydrogens is 314 g/mol. The maximum atomic E-state index is 12.3. The molecule has 1 aliphatic heterocycles. The highest BCUT2D eigenvalue weighted by molar-refractivity contribution is 6.35. The number of fused-ring (bicyclic) bond motifs is 1. The number of phenolic OH excluding ortho intramolecular Hbond substituents is 1. The van der Waals surface area contributed by atoms with Crippen molar-refractivity contribution in [2.24, 2.45) is 0 Å². The number of carbonyl (C=O) groups is 1. The van der Waals surface area contributed by atoms with Crippen molar-refractivity contribution in [3.63, 3.8) is 0 Å². The van der Waals surface area contributed by atoms with Crippen molar-refractivity contribution in [1.82, 2.24) is 0 Å². The predicted octanol–water partition coefficient (Wildman–Crippen LogP) is 3.67. The number of amides is 1. The van der Waals surface area contributed by atoms with Crippen molar-refractivity contribution < 1.29 is 14.6 Å². The minimum absolute atomic E-state index is 0.115. The van der Waals surface area contributed by atoms with Crippen molar-refractivity contribution in [3.05, 3.63) is 53.1 Å². The van der Waals surface area contributed by atoms with E-state index in [-0.39, 0.29) is 11.7 Å². The Kier molecular flexibility index (Phi) is 4.26. The van der Waals surface area contributed by atoms with Crippen LogP contribution in [0.2, 0.25) is 0 Å². The van der Waals surface area contributed by atoms with E-state index in [1.165, 1.54) is 13.2 Å². The van der Waals surface area contributed by atoms with Gasteiger partial charge < -0.3 is 15.2 Å². The summed E-state index contributed by atoms with van der Waals surface area (Å²) in [5.74, 6) is 1.00. The third kappa shape index (κ3) is 3.03. The van der Waals surface area contributed by atoms with Gasteiger partial charge in [0.15, 0.2) is 0 Å². The van der Waals surface area contributed by atoms with E-state index in [0.717, 1.165) is 28.8 Å². The molecule has 118 valence electrons. The number of aromatic hydroxyl groups is 1. The second kappa shape index (κ2) is 6.34. The minimum atomic E-state index is -0.154. The summed E-state index contributed by atoms with van der Waals surface area (Å²) in [6.45, 7) is 0. The van der Waals surface area contributed by atoms with Crippen LogP contribution in [0.25, 0.3) is 11.6 Å². The van der Waals surface area contributed by atoms with Crippen LogP contribution >= 0.6 is 11.6 Å². The number of hydrogen-bond acceptors (Lipinski definition) is 3. The summed E-state index contributed by atoms with van der Waals surface area (Å²) in [5.41, 5.74) is 4.02. The van der Waals surface area contributed by atoms with E-state index >= 15 is 0 Å². The number of anilines is 1. The molecule has 0 saturated heterocycles.